The Morgan fingerprint density at radius 2 is 2.00 bits per heavy atom. The molecule has 0 fully saturated rings. The Hall–Kier alpha value is -1.61. The van der Waals surface area contributed by atoms with E-state index in [2.05, 4.69) is 5.32 Å². The monoisotopic (exact) mass is 334 g/mol. The lowest BCUT2D eigenvalue weighted by Crippen LogP contribution is -2.16. The predicted molar refractivity (Wildman–Crippen MR) is 82.9 cm³/mol. The van der Waals surface area contributed by atoms with E-state index in [1.807, 2.05) is 0 Å². The topological polar surface area (TPSA) is 116 Å². The number of ether oxygens (including phenoxy) is 1. The lowest BCUT2D eigenvalue weighted by molar-refractivity contribution is 0.0529. The number of nitrogen functional groups attached to an aromatic ring is 1. The first-order valence-corrected chi connectivity index (χ1v) is 9.07. The number of nitrogens with two attached hydrogens (primary N) is 1. The molecule has 0 saturated carbocycles. The Morgan fingerprint density at radius 3 is 2.48 bits per heavy atom. The number of ketones is 1. The van der Waals surface area contributed by atoms with Gasteiger partial charge in [0, 0.05) is 19.7 Å². The van der Waals surface area contributed by atoms with Crippen LogP contribution in [0, 0.1) is 0 Å². The molecule has 21 heavy (non-hydrogen) atoms. The van der Waals surface area contributed by atoms with E-state index in [-0.39, 0.29) is 40.8 Å². The SMILES string of the molecule is CCOC(=O)c1c(NCCS(C)(=O)=O)sc(C(C)=O)c1N. The number of sulfone groups is 1. The van der Waals surface area contributed by atoms with E-state index in [0.29, 0.717) is 5.00 Å². The zero-order chi connectivity index (χ0) is 16.2. The zero-order valence-electron chi connectivity index (χ0n) is 12.1. The Kier molecular flexibility index (Phi) is 5.73. The average Bonchev–Trinajstić information content (AvgIpc) is 2.65. The van der Waals surface area contributed by atoms with E-state index >= 15 is 0 Å². The van der Waals surface area contributed by atoms with Crippen molar-refractivity contribution in [3.63, 3.8) is 0 Å². The third-order valence-electron chi connectivity index (χ3n) is 2.50. The first-order chi connectivity index (χ1) is 9.67. The first-order valence-electron chi connectivity index (χ1n) is 6.19. The molecule has 1 aromatic rings. The van der Waals surface area contributed by atoms with Gasteiger partial charge in [0.05, 0.1) is 22.9 Å². The van der Waals surface area contributed by atoms with Crippen molar-refractivity contribution in [1.82, 2.24) is 0 Å². The number of esters is 1. The molecule has 9 heteroatoms. The molecule has 1 rings (SSSR count). The third-order valence-corrected chi connectivity index (χ3v) is 4.71. The Labute approximate surface area is 127 Å². The quantitative estimate of drug-likeness (QED) is 0.568. The summed E-state index contributed by atoms with van der Waals surface area (Å²) in [6.45, 7) is 3.29. The molecule has 1 aromatic heterocycles. The van der Waals surface area contributed by atoms with E-state index < -0.39 is 15.8 Å². The number of Topliss-reactive ketones (excluding diaryl/α,β-unsaturated/α-hetero) is 1. The van der Waals surface area contributed by atoms with Crippen LogP contribution < -0.4 is 11.1 Å². The van der Waals surface area contributed by atoms with Gasteiger partial charge in [0.1, 0.15) is 20.4 Å². The van der Waals surface area contributed by atoms with Gasteiger partial charge in [-0.3, -0.25) is 4.79 Å². The van der Waals surface area contributed by atoms with E-state index in [9.17, 15) is 18.0 Å². The molecular weight excluding hydrogens is 316 g/mol. The first kappa shape index (κ1) is 17.4. The van der Waals surface area contributed by atoms with Crippen molar-refractivity contribution in [1.29, 1.82) is 0 Å². The van der Waals surface area contributed by atoms with Gasteiger partial charge in [-0.15, -0.1) is 11.3 Å². The Bertz CT molecular complexity index is 649. The number of carbonyl (C=O) groups excluding carboxylic acids is 2. The highest BCUT2D eigenvalue weighted by Gasteiger charge is 2.25. The molecule has 0 aromatic carbocycles. The summed E-state index contributed by atoms with van der Waals surface area (Å²) < 4.78 is 27.1. The normalized spacial score (nSPS) is 11.2. The fraction of sp³-hybridized carbons (Fsp3) is 0.500. The lowest BCUT2D eigenvalue weighted by atomic mass is 10.2. The largest absolute Gasteiger partial charge is 0.462 e. The summed E-state index contributed by atoms with van der Waals surface area (Å²) in [6.07, 6.45) is 1.12. The molecule has 118 valence electrons. The molecule has 0 unspecified atom stereocenters. The smallest absolute Gasteiger partial charge is 0.343 e. The van der Waals surface area contributed by atoms with Gasteiger partial charge in [0.2, 0.25) is 0 Å². The number of anilines is 2. The number of hydrogen-bond acceptors (Lipinski definition) is 8. The van der Waals surface area contributed by atoms with Gasteiger partial charge in [0.15, 0.2) is 5.78 Å². The second-order valence-corrected chi connectivity index (χ2v) is 7.66. The van der Waals surface area contributed by atoms with E-state index in [4.69, 9.17) is 10.5 Å². The maximum atomic E-state index is 11.9. The summed E-state index contributed by atoms with van der Waals surface area (Å²) in [4.78, 5) is 23.7. The molecular formula is C12H18N2O5S2. The van der Waals surface area contributed by atoms with Crippen LogP contribution in [0.1, 0.15) is 33.9 Å². The molecule has 0 atom stereocenters. The fourth-order valence-electron chi connectivity index (χ4n) is 1.59. The van der Waals surface area contributed by atoms with E-state index in [1.54, 1.807) is 6.92 Å². The van der Waals surface area contributed by atoms with E-state index in [0.717, 1.165) is 17.6 Å². The molecule has 0 aliphatic carbocycles. The summed E-state index contributed by atoms with van der Waals surface area (Å²) in [5.41, 5.74) is 5.97. The molecule has 0 spiro atoms. The highest BCUT2D eigenvalue weighted by Crippen LogP contribution is 2.36. The van der Waals surface area contributed by atoms with Crippen LogP contribution in [0.2, 0.25) is 0 Å². The number of nitrogens with one attached hydrogen (secondary N) is 1. The minimum absolute atomic E-state index is 0.0628. The van der Waals surface area contributed by atoms with Crippen molar-refractivity contribution in [2.75, 3.05) is 36.2 Å². The van der Waals surface area contributed by atoms with Crippen LogP contribution in [0.15, 0.2) is 0 Å². The molecule has 0 aliphatic heterocycles. The van der Waals surface area contributed by atoms with E-state index in [1.165, 1.54) is 6.92 Å². The maximum Gasteiger partial charge on any atom is 0.343 e. The minimum Gasteiger partial charge on any atom is -0.462 e. The highest BCUT2D eigenvalue weighted by molar-refractivity contribution is 7.90. The Balaban J connectivity index is 3.08. The molecule has 0 saturated heterocycles. The summed E-state index contributed by atoms with van der Waals surface area (Å²) in [7, 11) is -3.13. The number of hydrogen-bond donors (Lipinski definition) is 2. The van der Waals surface area contributed by atoms with Gasteiger partial charge in [-0.05, 0) is 6.92 Å². The molecule has 0 amide bonds. The standard InChI is InChI=1S/C12H18N2O5S2/c1-4-19-12(16)8-9(13)10(7(2)15)20-11(8)14-5-6-21(3,17)18/h14H,4-6,13H2,1-3H3. The van der Waals surface area contributed by atoms with Crippen LogP contribution in [0.5, 0.6) is 0 Å². The maximum absolute atomic E-state index is 11.9. The van der Waals surface area contributed by atoms with Gasteiger partial charge < -0.3 is 15.8 Å². The molecule has 3 N–H and O–H groups in total. The molecule has 0 aliphatic rings. The van der Waals surface area contributed by atoms with Crippen LogP contribution in [0.4, 0.5) is 10.7 Å². The third kappa shape index (κ3) is 4.71. The Morgan fingerprint density at radius 1 is 1.38 bits per heavy atom. The summed E-state index contributed by atoms with van der Waals surface area (Å²) in [6, 6.07) is 0. The number of carbonyl (C=O) groups is 2. The highest BCUT2D eigenvalue weighted by atomic mass is 32.2. The lowest BCUT2D eigenvalue weighted by Gasteiger charge is -2.07. The molecule has 0 radical (unpaired) electrons. The summed E-state index contributed by atoms with van der Waals surface area (Å²) in [5.74, 6) is -0.998. The zero-order valence-corrected chi connectivity index (χ0v) is 13.7. The van der Waals surface area contributed by atoms with Crippen molar-refractivity contribution in [3.05, 3.63) is 10.4 Å². The van der Waals surface area contributed by atoms with Crippen molar-refractivity contribution in [2.45, 2.75) is 13.8 Å². The van der Waals surface area contributed by atoms with Crippen LogP contribution in [-0.2, 0) is 14.6 Å². The van der Waals surface area contributed by atoms with Crippen molar-refractivity contribution < 1.29 is 22.7 Å². The number of rotatable bonds is 7. The van der Waals surface area contributed by atoms with Gasteiger partial charge in [-0.2, -0.15) is 0 Å². The van der Waals surface area contributed by atoms with Gasteiger partial charge in [0.25, 0.3) is 0 Å². The van der Waals surface area contributed by atoms with Crippen LogP contribution in [-0.4, -0.2) is 45.3 Å². The van der Waals surface area contributed by atoms with Crippen LogP contribution in [0.25, 0.3) is 0 Å². The van der Waals surface area contributed by atoms with Gasteiger partial charge >= 0.3 is 5.97 Å². The van der Waals surface area contributed by atoms with Gasteiger partial charge in [-0.1, -0.05) is 0 Å². The van der Waals surface area contributed by atoms with Gasteiger partial charge in [-0.25, -0.2) is 13.2 Å². The second kappa shape index (κ2) is 6.90. The fourth-order valence-corrected chi connectivity index (χ4v) is 3.09. The molecule has 0 bridgehead atoms. The summed E-state index contributed by atoms with van der Waals surface area (Å²) >= 11 is 1.02. The molecule has 1 heterocycles. The minimum atomic E-state index is -3.13. The molecule has 7 nitrogen and oxygen atoms in total. The van der Waals surface area contributed by atoms with Crippen LogP contribution >= 0.6 is 11.3 Å². The summed E-state index contributed by atoms with van der Waals surface area (Å²) in [5, 5.41) is 3.18. The second-order valence-electron chi connectivity index (χ2n) is 4.38. The van der Waals surface area contributed by atoms with Crippen molar-refractivity contribution >= 4 is 43.6 Å². The van der Waals surface area contributed by atoms with Crippen molar-refractivity contribution in [3.8, 4) is 0 Å². The predicted octanol–water partition coefficient (Wildman–Crippen LogP) is 1.17. The van der Waals surface area contributed by atoms with Crippen LogP contribution in [0.3, 0.4) is 0 Å². The number of thiophene rings is 1. The van der Waals surface area contributed by atoms with Crippen molar-refractivity contribution in [2.24, 2.45) is 0 Å². The average molecular weight is 334 g/mol.